The van der Waals surface area contributed by atoms with Crippen molar-refractivity contribution in [2.24, 2.45) is 0 Å². The minimum Gasteiger partial charge on any atom is -0.395 e. The number of aliphatic hydroxyl groups excluding tert-OH is 1. The second-order valence-electron chi connectivity index (χ2n) is 3.95. The van der Waals surface area contributed by atoms with E-state index in [0.717, 1.165) is 5.82 Å². The van der Waals surface area contributed by atoms with Crippen molar-refractivity contribution in [2.75, 3.05) is 18.1 Å². The first-order chi connectivity index (χ1) is 8.79. The van der Waals surface area contributed by atoms with Crippen LogP contribution in [-0.4, -0.2) is 23.2 Å². The molecule has 3 nitrogen and oxygen atoms in total. The molecule has 0 bridgehead atoms. The number of halogens is 1. The molecule has 1 aromatic heterocycles. The molecule has 0 unspecified atom stereocenters. The van der Waals surface area contributed by atoms with Crippen LogP contribution in [0.2, 0.25) is 5.15 Å². The molecule has 2 aromatic rings. The average molecular weight is 263 g/mol. The van der Waals surface area contributed by atoms with Crippen molar-refractivity contribution in [2.45, 2.75) is 6.54 Å². The minimum atomic E-state index is 0.0844. The number of hydrogen-bond donors (Lipinski definition) is 1. The van der Waals surface area contributed by atoms with Crippen molar-refractivity contribution in [1.29, 1.82) is 0 Å². The lowest BCUT2D eigenvalue weighted by molar-refractivity contribution is 0.301. The van der Waals surface area contributed by atoms with Crippen LogP contribution in [0.5, 0.6) is 0 Å². The van der Waals surface area contributed by atoms with Crippen LogP contribution in [0.15, 0.2) is 48.5 Å². The molecule has 4 heteroatoms. The Morgan fingerprint density at radius 3 is 2.50 bits per heavy atom. The molecule has 1 aromatic carbocycles. The summed E-state index contributed by atoms with van der Waals surface area (Å²) in [6, 6.07) is 15.6. The number of anilines is 1. The van der Waals surface area contributed by atoms with Crippen LogP contribution in [0, 0.1) is 0 Å². The highest BCUT2D eigenvalue weighted by Gasteiger charge is 2.08. The molecular formula is C14H15ClN2O. The molecule has 0 saturated carbocycles. The van der Waals surface area contributed by atoms with E-state index in [1.165, 1.54) is 5.56 Å². The zero-order chi connectivity index (χ0) is 12.8. The van der Waals surface area contributed by atoms with Crippen molar-refractivity contribution in [3.05, 3.63) is 59.2 Å². The van der Waals surface area contributed by atoms with Crippen LogP contribution in [0.1, 0.15) is 5.56 Å². The number of benzene rings is 1. The van der Waals surface area contributed by atoms with E-state index in [1.807, 2.05) is 35.2 Å². The molecule has 0 aliphatic heterocycles. The van der Waals surface area contributed by atoms with Gasteiger partial charge in [0.2, 0.25) is 0 Å². The summed E-state index contributed by atoms with van der Waals surface area (Å²) >= 11 is 5.89. The summed E-state index contributed by atoms with van der Waals surface area (Å²) < 4.78 is 0. The normalized spacial score (nSPS) is 10.3. The lowest BCUT2D eigenvalue weighted by Gasteiger charge is -2.23. The van der Waals surface area contributed by atoms with Gasteiger partial charge in [-0.05, 0) is 17.7 Å². The molecule has 1 heterocycles. The highest BCUT2D eigenvalue weighted by Crippen LogP contribution is 2.16. The van der Waals surface area contributed by atoms with Crippen molar-refractivity contribution < 1.29 is 5.11 Å². The van der Waals surface area contributed by atoms with E-state index in [0.29, 0.717) is 18.2 Å². The molecule has 18 heavy (non-hydrogen) atoms. The van der Waals surface area contributed by atoms with Crippen LogP contribution in [0.4, 0.5) is 5.82 Å². The SMILES string of the molecule is OCCN(Cc1ccccc1)c1cccc(Cl)n1. The molecule has 2 rings (SSSR count). The van der Waals surface area contributed by atoms with E-state index >= 15 is 0 Å². The van der Waals surface area contributed by atoms with Gasteiger partial charge in [-0.15, -0.1) is 0 Å². The predicted octanol–water partition coefficient (Wildman–Crippen LogP) is 2.73. The number of rotatable bonds is 5. The smallest absolute Gasteiger partial charge is 0.131 e. The van der Waals surface area contributed by atoms with Gasteiger partial charge in [-0.1, -0.05) is 48.0 Å². The Hall–Kier alpha value is -1.58. The lowest BCUT2D eigenvalue weighted by atomic mass is 10.2. The van der Waals surface area contributed by atoms with Gasteiger partial charge in [0.25, 0.3) is 0 Å². The summed E-state index contributed by atoms with van der Waals surface area (Å²) in [4.78, 5) is 6.27. The van der Waals surface area contributed by atoms with E-state index in [9.17, 15) is 0 Å². The van der Waals surface area contributed by atoms with Gasteiger partial charge < -0.3 is 10.0 Å². The van der Waals surface area contributed by atoms with E-state index in [4.69, 9.17) is 16.7 Å². The summed E-state index contributed by atoms with van der Waals surface area (Å²) in [5, 5.41) is 9.60. The van der Waals surface area contributed by atoms with Crippen LogP contribution in [0.3, 0.4) is 0 Å². The van der Waals surface area contributed by atoms with Gasteiger partial charge in [-0.2, -0.15) is 0 Å². The van der Waals surface area contributed by atoms with E-state index < -0.39 is 0 Å². The molecule has 0 amide bonds. The molecule has 1 N–H and O–H groups in total. The Morgan fingerprint density at radius 2 is 1.83 bits per heavy atom. The summed E-state index contributed by atoms with van der Waals surface area (Å²) in [6.07, 6.45) is 0. The van der Waals surface area contributed by atoms with Gasteiger partial charge in [-0.3, -0.25) is 0 Å². The first-order valence-corrected chi connectivity index (χ1v) is 6.19. The third-order valence-electron chi connectivity index (χ3n) is 2.61. The number of hydrogen-bond acceptors (Lipinski definition) is 3. The zero-order valence-corrected chi connectivity index (χ0v) is 10.7. The summed E-state index contributed by atoms with van der Waals surface area (Å²) in [7, 11) is 0. The number of pyridine rings is 1. The van der Waals surface area contributed by atoms with Crippen LogP contribution < -0.4 is 4.90 Å². The highest BCUT2D eigenvalue weighted by molar-refractivity contribution is 6.29. The van der Waals surface area contributed by atoms with E-state index in [1.54, 1.807) is 6.07 Å². The molecule has 94 valence electrons. The third kappa shape index (κ3) is 3.45. The van der Waals surface area contributed by atoms with Crippen molar-refractivity contribution in [3.8, 4) is 0 Å². The first kappa shape index (κ1) is 12.9. The van der Waals surface area contributed by atoms with E-state index in [2.05, 4.69) is 17.1 Å². The Labute approximate surface area is 112 Å². The number of aliphatic hydroxyl groups is 1. The fraction of sp³-hybridized carbons (Fsp3) is 0.214. The van der Waals surface area contributed by atoms with Crippen molar-refractivity contribution >= 4 is 17.4 Å². The largest absolute Gasteiger partial charge is 0.395 e. The Kier molecular flexibility index (Phi) is 4.56. The maximum absolute atomic E-state index is 9.14. The summed E-state index contributed by atoms with van der Waals surface area (Å²) in [5.74, 6) is 0.778. The molecule has 0 radical (unpaired) electrons. The van der Waals surface area contributed by atoms with Gasteiger partial charge in [0.05, 0.1) is 6.61 Å². The van der Waals surface area contributed by atoms with Gasteiger partial charge in [0, 0.05) is 13.1 Å². The molecule has 0 aliphatic carbocycles. The first-order valence-electron chi connectivity index (χ1n) is 5.82. The molecule has 0 atom stereocenters. The molecule has 0 aliphatic rings. The van der Waals surface area contributed by atoms with Crippen molar-refractivity contribution in [1.82, 2.24) is 4.98 Å². The minimum absolute atomic E-state index is 0.0844. The van der Waals surface area contributed by atoms with Gasteiger partial charge in [0.1, 0.15) is 11.0 Å². The fourth-order valence-corrected chi connectivity index (χ4v) is 1.93. The zero-order valence-electron chi connectivity index (χ0n) is 9.96. The lowest BCUT2D eigenvalue weighted by Crippen LogP contribution is -2.26. The Balaban J connectivity index is 2.18. The topological polar surface area (TPSA) is 36.4 Å². The monoisotopic (exact) mass is 262 g/mol. The third-order valence-corrected chi connectivity index (χ3v) is 2.82. The number of aromatic nitrogens is 1. The Morgan fingerprint density at radius 1 is 1.06 bits per heavy atom. The van der Waals surface area contributed by atoms with Gasteiger partial charge in [-0.25, -0.2) is 4.98 Å². The summed E-state index contributed by atoms with van der Waals surface area (Å²) in [5.41, 5.74) is 1.17. The fourth-order valence-electron chi connectivity index (χ4n) is 1.77. The van der Waals surface area contributed by atoms with Gasteiger partial charge in [0.15, 0.2) is 0 Å². The molecule has 0 saturated heterocycles. The predicted molar refractivity (Wildman–Crippen MR) is 73.8 cm³/mol. The number of nitrogens with zero attached hydrogens (tertiary/aromatic N) is 2. The summed E-state index contributed by atoms with van der Waals surface area (Å²) in [6.45, 7) is 1.32. The van der Waals surface area contributed by atoms with Crippen LogP contribution in [0.25, 0.3) is 0 Å². The molecule has 0 spiro atoms. The van der Waals surface area contributed by atoms with Crippen LogP contribution in [-0.2, 0) is 6.54 Å². The second-order valence-corrected chi connectivity index (χ2v) is 4.34. The molecule has 0 fully saturated rings. The van der Waals surface area contributed by atoms with Gasteiger partial charge >= 0.3 is 0 Å². The molecular weight excluding hydrogens is 248 g/mol. The maximum Gasteiger partial charge on any atom is 0.131 e. The maximum atomic E-state index is 9.14. The second kappa shape index (κ2) is 6.38. The van der Waals surface area contributed by atoms with Crippen molar-refractivity contribution in [3.63, 3.8) is 0 Å². The standard InChI is InChI=1S/C14H15ClN2O/c15-13-7-4-8-14(16-13)17(9-10-18)11-12-5-2-1-3-6-12/h1-8,18H,9-11H2. The average Bonchev–Trinajstić information content (AvgIpc) is 2.39. The Bertz CT molecular complexity index is 490. The quantitative estimate of drug-likeness (QED) is 0.842. The highest BCUT2D eigenvalue weighted by atomic mass is 35.5. The van der Waals surface area contributed by atoms with E-state index in [-0.39, 0.29) is 6.61 Å². The van der Waals surface area contributed by atoms with Crippen LogP contribution >= 0.6 is 11.6 Å².